The predicted molar refractivity (Wildman–Crippen MR) is 247 cm³/mol. The predicted octanol–water partition coefficient (Wildman–Crippen LogP) is 7.83. The van der Waals surface area contributed by atoms with Gasteiger partial charge in [0, 0.05) is 56.3 Å². The third-order valence-electron chi connectivity index (χ3n) is 13.5. The third-order valence-corrected chi connectivity index (χ3v) is 14.3. The summed E-state index contributed by atoms with van der Waals surface area (Å²) >= 11 is 2.36. The van der Waals surface area contributed by atoms with Crippen molar-refractivity contribution in [3.05, 3.63) is 47.6 Å². The Morgan fingerprint density at radius 1 is 0.952 bits per heavy atom. The molecule has 0 aromatic rings. The Morgan fingerprint density at radius 2 is 1.71 bits per heavy atom. The number of carbonyl (C=O) groups excluding carboxylic acids is 4. The van der Waals surface area contributed by atoms with E-state index < -0.39 is 59.8 Å². The molecule has 0 aromatic carbocycles. The second-order valence-corrected chi connectivity index (χ2v) is 19.5. The number of alkyl halides is 1. The van der Waals surface area contributed by atoms with Crippen molar-refractivity contribution in [3.8, 4) is 0 Å². The summed E-state index contributed by atoms with van der Waals surface area (Å²) in [6.07, 6.45) is 18.8. The molecule has 0 spiro atoms. The molecule has 1 aliphatic carbocycles. The molecule has 2 saturated heterocycles. The van der Waals surface area contributed by atoms with Crippen molar-refractivity contribution in [2.75, 3.05) is 24.7 Å². The molecule has 3 aliphatic heterocycles. The van der Waals surface area contributed by atoms with Crippen LogP contribution in [0.3, 0.4) is 0 Å². The second-order valence-electron chi connectivity index (χ2n) is 18.4. The fourth-order valence-electron chi connectivity index (χ4n) is 9.33. The van der Waals surface area contributed by atoms with Crippen LogP contribution in [0.5, 0.6) is 0 Å². The Labute approximate surface area is 384 Å². The molecule has 350 valence electrons. The van der Waals surface area contributed by atoms with Gasteiger partial charge in [-0.3, -0.25) is 14.4 Å². The molecule has 3 heterocycles. The number of aliphatic hydroxyl groups excluding tert-OH is 2. The summed E-state index contributed by atoms with van der Waals surface area (Å²) in [6.45, 7) is 8.34. The Morgan fingerprint density at radius 3 is 2.44 bits per heavy atom. The summed E-state index contributed by atoms with van der Waals surface area (Å²) in [6, 6.07) is -1.04. The van der Waals surface area contributed by atoms with Gasteiger partial charge in [0.05, 0.1) is 30.5 Å². The number of fused-ring (bicyclic) bond motifs is 3. The maximum absolute atomic E-state index is 14.3. The largest absolute Gasteiger partial charge is 0.460 e. The SMILES string of the molecule is CO[C@H]1C[C@@H]2CC[C@@H](C)[C@@](O)(O2)C(=O)C(=O)N2CCCC[C@H]2C(=O)O[C@H]([C@H](C)CC2CCC(OCCCI)CC2)CC(O)C/C=C(\C)[C@@H](O)CC(=O)CCC/C=C/C=CC=C1C. The number of hydrogen-bond acceptors (Lipinski definition) is 11. The van der Waals surface area contributed by atoms with Crippen LogP contribution in [0.15, 0.2) is 47.6 Å². The van der Waals surface area contributed by atoms with Gasteiger partial charge in [-0.15, -0.1) is 0 Å². The molecule has 4 aliphatic rings. The molecule has 13 heteroatoms. The Hall–Kier alpha value is -2.27. The molecule has 3 fully saturated rings. The van der Waals surface area contributed by atoms with E-state index in [0.717, 1.165) is 55.1 Å². The van der Waals surface area contributed by atoms with E-state index in [1.807, 2.05) is 44.2 Å². The van der Waals surface area contributed by atoms with Crippen LogP contribution in [-0.4, -0.2) is 117 Å². The van der Waals surface area contributed by atoms with Gasteiger partial charge >= 0.3 is 5.97 Å². The summed E-state index contributed by atoms with van der Waals surface area (Å²) in [5.41, 5.74) is 1.51. The highest BCUT2D eigenvalue weighted by atomic mass is 127. The highest BCUT2D eigenvalue weighted by Crippen LogP contribution is 2.37. The number of Topliss-reactive ketones (excluding diaryl/α,β-unsaturated/α-hetero) is 2. The molecule has 1 unspecified atom stereocenters. The van der Waals surface area contributed by atoms with Crippen molar-refractivity contribution in [1.82, 2.24) is 4.90 Å². The summed E-state index contributed by atoms with van der Waals surface area (Å²) < 4.78 is 25.4. The molecule has 0 radical (unpaired) electrons. The number of cyclic esters (lactones) is 1. The minimum absolute atomic E-state index is 0.00304. The lowest BCUT2D eigenvalue weighted by atomic mass is 9.80. The monoisotopic (exact) mass is 981 g/mol. The van der Waals surface area contributed by atoms with Crippen molar-refractivity contribution in [1.29, 1.82) is 0 Å². The first kappa shape index (κ1) is 52.4. The first-order valence-corrected chi connectivity index (χ1v) is 24.9. The molecular weight excluding hydrogens is 905 g/mol. The van der Waals surface area contributed by atoms with Gasteiger partial charge in [-0.25, -0.2) is 4.79 Å². The number of hydrogen-bond donors (Lipinski definition) is 3. The number of allylic oxidation sites excluding steroid dienone is 5. The minimum atomic E-state index is -2.38. The summed E-state index contributed by atoms with van der Waals surface area (Å²) in [7, 11) is 1.59. The smallest absolute Gasteiger partial charge is 0.329 e. The number of methoxy groups -OCH3 is 1. The average Bonchev–Trinajstić information content (AvgIpc) is 3.26. The lowest BCUT2D eigenvalue weighted by Gasteiger charge is -2.42. The fraction of sp³-hybridized carbons (Fsp3) is 0.755. The number of rotatable bonds is 8. The molecule has 9 atom stereocenters. The number of nitrogens with zero attached hydrogens (tertiary/aromatic N) is 1. The van der Waals surface area contributed by atoms with Crippen LogP contribution < -0.4 is 0 Å². The number of carbonyl (C=O) groups is 4. The van der Waals surface area contributed by atoms with E-state index in [4.69, 9.17) is 18.9 Å². The zero-order valence-corrected chi connectivity index (χ0v) is 40.2. The van der Waals surface area contributed by atoms with Crippen LogP contribution in [0, 0.1) is 17.8 Å². The maximum Gasteiger partial charge on any atom is 0.329 e. The first-order chi connectivity index (χ1) is 29.7. The zero-order chi connectivity index (χ0) is 45.2. The summed E-state index contributed by atoms with van der Waals surface area (Å²) in [5, 5.41) is 34.1. The first-order valence-electron chi connectivity index (χ1n) is 23.4. The molecule has 0 aromatic heterocycles. The number of piperidine rings is 1. The van der Waals surface area contributed by atoms with E-state index in [2.05, 4.69) is 22.6 Å². The number of ketones is 2. The van der Waals surface area contributed by atoms with Crippen LogP contribution in [0.2, 0.25) is 0 Å². The normalized spacial score (nSPS) is 35.6. The zero-order valence-electron chi connectivity index (χ0n) is 38.0. The van der Waals surface area contributed by atoms with E-state index in [1.165, 1.54) is 4.90 Å². The number of halogens is 1. The minimum Gasteiger partial charge on any atom is -0.460 e. The van der Waals surface area contributed by atoms with Crippen molar-refractivity contribution >= 4 is 46.0 Å². The van der Waals surface area contributed by atoms with Crippen molar-refractivity contribution in [2.45, 2.75) is 192 Å². The fourth-order valence-corrected chi connectivity index (χ4v) is 9.64. The molecule has 62 heavy (non-hydrogen) atoms. The molecular formula is C49H76INO11. The van der Waals surface area contributed by atoms with Gasteiger partial charge < -0.3 is 39.2 Å². The molecule has 1 saturated carbocycles. The maximum atomic E-state index is 14.3. The average molecular weight is 982 g/mol. The molecule has 2 bridgehead atoms. The van der Waals surface area contributed by atoms with Crippen LogP contribution in [0.1, 0.15) is 143 Å². The van der Waals surface area contributed by atoms with Gasteiger partial charge in [0.2, 0.25) is 5.79 Å². The second kappa shape index (κ2) is 26.6. The molecule has 1 amide bonds. The molecule has 4 rings (SSSR count). The van der Waals surface area contributed by atoms with Gasteiger partial charge in [-0.05, 0) is 127 Å². The lowest BCUT2D eigenvalue weighted by molar-refractivity contribution is -0.265. The van der Waals surface area contributed by atoms with Crippen LogP contribution in [0.4, 0.5) is 0 Å². The number of ether oxygens (including phenoxy) is 4. The van der Waals surface area contributed by atoms with Gasteiger partial charge in [0.15, 0.2) is 0 Å². The third kappa shape index (κ3) is 16.0. The Balaban J connectivity index is 1.58. The lowest BCUT2D eigenvalue weighted by Crippen LogP contribution is -2.61. The highest BCUT2D eigenvalue weighted by Gasteiger charge is 2.53. The van der Waals surface area contributed by atoms with Crippen molar-refractivity contribution in [2.24, 2.45) is 17.8 Å². The number of aliphatic hydroxyl groups is 3. The standard InChI is InChI=1S/C49H76INO11/c1-33-18-22-39(53)31-45(35(3)29-37-20-24-40(25-21-37)60-28-14-26-50)61-48(57)42-17-12-13-27-51(42)47(56)46(55)49(58)36(4)19-23-41(62-49)32-44(59-5)34(2)15-10-8-6-7-9-11-16-38(52)30-43(33)54/h6-8,10,15,18,35-37,39-45,53-54,58H,9,11-14,16-17,19-32H2,1-5H3/b7-6+,10-8?,33-18+,34-15?/t35-,36-,37?,39?,40?,41+,42+,43+,44+,45+,49-/m1/s1. The van der Waals surface area contributed by atoms with E-state index >= 15 is 0 Å². The topological polar surface area (TPSA) is 169 Å². The van der Waals surface area contributed by atoms with Crippen LogP contribution in [0.25, 0.3) is 0 Å². The van der Waals surface area contributed by atoms with Gasteiger partial charge in [0.25, 0.3) is 11.7 Å². The van der Waals surface area contributed by atoms with E-state index in [-0.39, 0.29) is 49.7 Å². The Kier molecular flexibility index (Phi) is 22.5. The summed E-state index contributed by atoms with van der Waals surface area (Å²) in [4.78, 5) is 56.6. The number of amides is 1. The molecule has 12 nitrogen and oxygen atoms in total. The van der Waals surface area contributed by atoms with Crippen molar-refractivity contribution in [3.63, 3.8) is 0 Å². The van der Waals surface area contributed by atoms with E-state index in [9.17, 15) is 34.5 Å². The van der Waals surface area contributed by atoms with E-state index in [0.29, 0.717) is 69.3 Å². The number of esters is 1. The molecule has 3 N–H and O–H groups in total. The van der Waals surface area contributed by atoms with E-state index in [1.54, 1.807) is 27.0 Å². The van der Waals surface area contributed by atoms with Crippen molar-refractivity contribution < 1.29 is 53.4 Å². The quantitative estimate of drug-likeness (QED) is 0.0541. The summed E-state index contributed by atoms with van der Waals surface area (Å²) in [5.74, 6) is -5.49. The Bertz CT molecular complexity index is 1570. The van der Waals surface area contributed by atoms with Gasteiger partial charge in [-0.1, -0.05) is 72.9 Å². The highest BCUT2D eigenvalue weighted by molar-refractivity contribution is 14.1. The van der Waals surface area contributed by atoms with Gasteiger partial charge in [-0.2, -0.15) is 0 Å². The van der Waals surface area contributed by atoms with Gasteiger partial charge in [0.1, 0.15) is 17.9 Å². The van der Waals surface area contributed by atoms with Crippen LogP contribution in [-0.2, 0) is 38.1 Å². The van der Waals surface area contributed by atoms with Crippen LogP contribution >= 0.6 is 22.6 Å².